The number of halogens is 1. The van der Waals surface area contributed by atoms with Gasteiger partial charge in [0.05, 0.1) is 0 Å². The van der Waals surface area contributed by atoms with Crippen molar-refractivity contribution in [2.45, 2.75) is 11.0 Å². The number of H-pyrrole nitrogens is 1. The molecule has 1 aromatic heterocycles. The third-order valence-corrected chi connectivity index (χ3v) is 7.79. The Morgan fingerprint density at radius 1 is 1.15 bits per heavy atom. The lowest BCUT2D eigenvalue weighted by atomic mass is 10.2. The summed E-state index contributed by atoms with van der Waals surface area (Å²) in [7, 11) is -3.57. The van der Waals surface area contributed by atoms with Crippen molar-refractivity contribution in [2.24, 2.45) is 0 Å². The number of thioether (sulfide) groups is 1. The van der Waals surface area contributed by atoms with Crippen LogP contribution in [0.15, 0.2) is 54.6 Å². The van der Waals surface area contributed by atoms with Gasteiger partial charge in [0.1, 0.15) is 4.58 Å². The fraction of sp³-hybridized carbons (Fsp3) is 0.118. The minimum absolute atomic E-state index is 0.434. The van der Waals surface area contributed by atoms with Gasteiger partial charge in [0.25, 0.3) is 0 Å². The summed E-state index contributed by atoms with van der Waals surface area (Å²) in [4.78, 5) is 0.934. The van der Waals surface area contributed by atoms with Gasteiger partial charge in [-0.25, -0.2) is 13.5 Å². The van der Waals surface area contributed by atoms with E-state index in [9.17, 15) is 8.42 Å². The Labute approximate surface area is 165 Å². The van der Waals surface area contributed by atoms with E-state index in [0.29, 0.717) is 28.5 Å². The summed E-state index contributed by atoms with van der Waals surface area (Å²) >= 11 is 7.24. The summed E-state index contributed by atoms with van der Waals surface area (Å²) in [5.41, 5.74) is 2.12. The van der Waals surface area contributed by atoms with Crippen molar-refractivity contribution >= 4 is 44.0 Å². The Bertz CT molecular complexity index is 1080. The van der Waals surface area contributed by atoms with Crippen LogP contribution >= 0.6 is 23.4 Å². The molecule has 27 heavy (non-hydrogen) atoms. The molecule has 1 aliphatic heterocycles. The molecule has 10 heteroatoms. The molecule has 4 rings (SSSR count). The molecule has 0 aliphatic carbocycles. The number of nitrogens with one attached hydrogen (secondary N) is 2. The summed E-state index contributed by atoms with van der Waals surface area (Å²) in [6, 6.07) is 14.3. The zero-order valence-electron chi connectivity index (χ0n) is 13.8. The molecule has 0 amide bonds. The van der Waals surface area contributed by atoms with Crippen molar-refractivity contribution < 1.29 is 8.42 Å². The van der Waals surface area contributed by atoms with E-state index in [1.54, 1.807) is 36.4 Å². The number of anilines is 1. The average Bonchev–Trinajstić information content (AvgIpc) is 3.35. The maximum Gasteiger partial charge on any atom is 0.245 e. The lowest BCUT2D eigenvalue weighted by Gasteiger charge is -2.14. The van der Waals surface area contributed by atoms with Crippen LogP contribution in [0, 0.1) is 0 Å². The number of aromatic amines is 1. The number of hydrogen-bond donors (Lipinski definition) is 2. The summed E-state index contributed by atoms with van der Waals surface area (Å²) in [5.74, 6) is 0.470. The Morgan fingerprint density at radius 3 is 2.70 bits per heavy atom. The van der Waals surface area contributed by atoms with E-state index in [2.05, 4.69) is 25.3 Å². The second kappa shape index (κ2) is 7.34. The van der Waals surface area contributed by atoms with E-state index in [4.69, 9.17) is 11.6 Å². The standard InChI is InChI=1S/C17H14ClN5O2S2/c18-13-6-4-11(5-7-13)15-8-9-16(26-15)27(24,25)21-14-3-1-2-12(10-14)17-19-22-23-20-17/h1-8,10,16,21H,9H2,(H,19,20,22,23). The predicted molar refractivity (Wildman–Crippen MR) is 108 cm³/mol. The van der Waals surface area contributed by atoms with E-state index in [1.165, 1.54) is 11.8 Å². The molecule has 1 atom stereocenters. The van der Waals surface area contributed by atoms with Gasteiger partial charge in [0, 0.05) is 21.2 Å². The third-order valence-electron chi connectivity index (χ3n) is 3.97. The van der Waals surface area contributed by atoms with Crippen LogP contribution in [0.2, 0.25) is 5.02 Å². The number of rotatable bonds is 5. The van der Waals surface area contributed by atoms with Gasteiger partial charge in [-0.05, 0) is 46.7 Å². The Balaban J connectivity index is 1.49. The minimum atomic E-state index is -3.57. The highest BCUT2D eigenvalue weighted by molar-refractivity contribution is 8.19. The van der Waals surface area contributed by atoms with E-state index < -0.39 is 14.6 Å². The van der Waals surface area contributed by atoms with Crippen LogP contribution in [0.25, 0.3) is 16.3 Å². The van der Waals surface area contributed by atoms with Crippen molar-refractivity contribution in [1.82, 2.24) is 20.6 Å². The number of aromatic nitrogens is 4. The van der Waals surface area contributed by atoms with Crippen LogP contribution in [0.3, 0.4) is 0 Å². The fourth-order valence-corrected chi connectivity index (χ4v) is 5.64. The molecule has 0 saturated heterocycles. The first-order chi connectivity index (χ1) is 13.0. The third kappa shape index (κ3) is 4.00. The lowest BCUT2D eigenvalue weighted by Crippen LogP contribution is -2.23. The van der Waals surface area contributed by atoms with E-state index in [0.717, 1.165) is 10.5 Å². The van der Waals surface area contributed by atoms with Crippen molar-refractivity contribution in [1.29, 1.82) is 0 Å². The molecule has 0 spiro atoms. The summed E-state index contributed by atoms with van der Waals surface area (Å²) in [5, 5.41) is 14.2. The summed E-state index contributed by atoms with van der Waals surface area (Å²) < 4.78 is 27.7. The molecule has 0 fully saturated rings. The Morgan fingerprint density at radius 2 is 1.96 bits per heavy atom. The highest BCUT2D eigenvalue weighted by Crippen LogP contribution is 2.42. The molecular weight excluding hydrogens is 406 g/mol. The molecule has 2 N–H and O–H groups in total. The Hall–Kier alpha value is -2.36. The molecule has 138 valence electrons. The van der Waals surface area contributed by atoms with E-state index >= 15 is 0 Å². The van der Waals surface area contributed by atoms with Crippen molar-refractivity contribution in [3.63, 3.8) is 0 Å². The van der Waals surface area contributed by atoms with Gasteiger partial charge in [-0.15, -0.1) is 16.9 Å². The van der Waals surface area contributed by atoms with Crippen LogP contribution < -0.4 is 4.72 Å². The van der Waals surface area contributed by atoms with Crippen molar-refractivity contribution in [3.8, 4) is 11.4 Å². The van der Waals surface area contributed by atoms with Gasteiger partial charge >= 0.3 is 0 Å². The molecule has 3 aromatic rings. The Kier molecular flexibility index (Phi) is 4.90. The number of sulfonamides is 1. The van der Waals surface area contributed by atoms with Gasteiger partial charge in [-0.2, -0.15) is 0 Å². The van der Waals surface area contributed by atoms with E-state index in [-0.39, 0.29) is 0 Å². The zero-order chi connectivity index (χ0) is 18.9. The molecule has 0 bridgehead atoms. The quantitative estimate of drug-likeness (QED) is 0.652. The molecule has 1 aliphatic rings. The summed E-state index contributed by atoms with van der Waals surface area (Å²) in [6.07, 6.45) is 2.37. The maximum absolute atomic E-state index is 12.8. The van der Waals surface area contributed by atoms with Gasteiger partial charge in [-0.3, -0.25) is 4.72 Å². The highest BCUT2D eigenvalue weighted by Gasteiger charge is 2.31. The topological polar surface area (TPSA) is 101 Å². The first-order valence-corrected chi connectivity index (χ1v) is 10.8. The largest absolute Gasteiger partial charge is 0.283 e. The number of nitrogens with zero attached hydrogens (tertiary/aromatic N) is 3. The molecule has 2 aromatic carbocycles. The fourth-order valence-electron chi connectivity index (χ4n) is 2.67. The number of allylic oxidation sites excluding steroid dienone is 1. The van der Waals surface area contributed by atoms with Gasteiger partial charge in [-0.1, -0.05) is 41.9 Å². The van der Waals surface area contributed by atoms with Crippen LogP contribution in [-0.2, 0) is 10.0 Å². The minimum Gasteiger partial charge on any atom is -0.283 e. The normalized spacial score (nSPS) is 16.9. The number of tetrazole rings is 1. The van der Waals surface area contributed by atoms with Crippen LogP contribution in [-0.4, -0.2) is 33.6 Å². The molecule has 0 radical (unpaired) electrons. The maximum atomic E-state index is 12.8. The van der Waals surface area contributed by atoms with Crippen LogP contribution in [0.5, 0.6) is 0 Å². The predicted octanol–water partition coefficient (Wildman–Crippen LogP) is 3.77. The van der Waals surface area contributed by atoms with Crippen LogP contribution in [0.1, 0.15) is 12.0 Å². The van der Waals surface area contributed by atoms with Gasteiger partial charge in [0.15, 0.2) is 5.82 Å². The SMILES string of the molecule is O=S(=O)(Nc1cccc(-c2nnn[nH]2)c1)C1CC=C(c2ccc(Cl)cc2)S1. The average molecular weight is 420 g/mol. The molecule has 1 unspecified atom stereocenters. The molecule has 2 heterocycles. The smallest absolute Gasteiger partial charge is 0.245 e. The monoisotopic (exact) mass is 419 g/mol. The molecule has 7 nitrogen and oxygen atoms in total. The molecular formula is C17H14ClN5O2S2. The first kappa shape index (κ1) is 18.0. The lowest BCUT2D eigenvalue weighted by molar-refractivity contribution is 0.598. The number of hydrogen-bond acceptors (Lipinski definition) is 6. The first-order valence-electron chi connectivity index (χ1n) is 8.00. The van der Waals surface area contributed by atoms with Crippen LogP contribution in [0.4, 0.5) is 5.69 Å². The van der Waals surface area contributed by atoms with Gasteiger partial charge in [0.2, 0.25) is 10.0 Å². The van der Waals surface area contributed by atoms with E-state index in [1.807, 2.05) is 18.2 Å². The second-order valence-electron chi connectivity index (χ2n) is 5.84. The summed E-state index contributed by atoms with van der Waals surface area (Å²) in [6.45, 7) is 0. The molecule has 0 saturated carbocycles. The van der Waals surface area contributed by atoms with Gasteiger partial charge < -0.3 is 0 Å². The number of benzene rings is 2. The zero-order valence-corrected chi connectivity index (χ0v) is 16.2. The second-order valence-corrected chi connectivity index (χ2v) is 9.68. The van der Waals surface area contributed by atoms with Crippen molar-refractivity contribution in [2.75, 3.05) is 4.72 Å². The van der Waals surface area contributed by atoms with Crippen molar-refractivity contribution in [3.05, 3.63) is 65.2 Å². The highest BCUT2D eigenvalue weighted by atomic mass is 35.5.